The average Bonchev–Trinajstić information content (AvgIpc) is 2.92. The van der Waals surface area contributed by atoms with Gasteiger partial charge in [0.15, 0.2) is 5.58 Å². The Kier molecular flexibility index (Phi) is 2.59. The normalized spacial score (nSPS) is 31.0. The highest BCUT2D eigenvalue weighted by atomic mass is 32.2. The molecule has 4 rings (SSSR count). The predicted octanol–water partition coefficient (Wildman–Crippen LogP) is 3.20. The summed E-state index contributed by atoms with van der Waals surface area (Å²) in [7, 11) is 0. The molecule has 1 aromatic carbocycles. The number of para-hydroxylation sites is 2. The summed E-state index contributed by atoms with van der Waals surface area (Å²) in [6.45, 7) is 0. The van der Waals surface area contributed by atoms with Gasteiger partial charge >= 0.3 is 0 Å². The van der Waals surface area contributed by atoms with E-state index in [4.69, 9.17) is 4.42 Å². The lowest BCUT2D eigenvalue weighted by Gasteiger charge is -2.27. The van der Waals surface area contributed by atoms with E-state index in [2.05, 4.69) is 10.3 Å². The van der Waals surface area contributed by atoms with Gasteiger partial charge in [-0.3, -0.25) is 0 Å². The molecule has 4 heteroatoms. The first-order valence-electron chi connectivity index (χ1n) is 6.65. The fraction of sp³-hybridized carbons (Fsp3) is 0.500. The molecule has 2 atom stereocenters. The van der Waals surface area contributed by atoms with Crippen LogP contribution in [0.15, 0.2) is 33.9 Å². The number of benzene rings is 1. The quantitative estimate of drug-likeness (QED) is 0.900. The van der Waals surface area contributed by atoms with E-state index in [9.17, 15) is 0 Å². The molecule has 1 N–H and O–H groups in total. The molecule has 94 valence electrons. The summed E-state index contributed by atoms with van der Waals surface area (Å²) in [5, 5.41) is 5.17. The number of thioether (sulfide) groups is 1. The second-order valence-electron chi connectivity index (χ2n) is 5.30. The van der Waals surface area contributed by atoms with Gasteiger partial charge in [-0.2, -0.15) is 0 Å². The zero-order valence-corrected chi connectivity index (χ0v) is 11.0. The predicted molar refractivity (Wildman–Crippen MR) is 72.8 cm³/mol. The van der Waals surface area contributed by atoms with Crippen molar-refractivity contribution in [3.63, 3.8) is 0 Å². The average molecular weight is 260 g/mol. The topological polar surface area (TPSA) is 38.1 Å². The Morgan fingerprint density at radius 2 is 1.94 bits per heavy atom. The number of nitrogens with one attached hydrogen (secondary N) is 1. The van der Waals surface area contributed by atoms with E-state index < -0.39 is 0 Å². The molecule has 0 radical (unpaired) electrons. The number of fused-ring (bicyclic) bond motifs is 3. The van der Waals surface area contributed by atoms with Gasteiger partial charge in [0.1, 0.15) is 5.52 Å². The van der Waals surface area contributed by atoms with Crippen LogP contribution in [0.4, 0.5) is 0 Å². The van der Waals surface area contributed by atoms with Crippen molar-refractivity contribution in [3.05, 3.63) is 24.3 Å². The highest BCUT2D eigenvalue weighted by Crippen LogP contribution is 2.37. The third-order valence-corrected chi connectivity index (χ3v) is 5.07. The van der Waals surface area contributed by atoms with Gasteiger partial charge in [-0.1, -0.05) is 23.9 Å². The summed E-state index contributed by atoms with van der Waals surface area (Å²) < 4.78 is 5.79. The van der Waals surface area contributed by atoms with Crippen LogP contribution in [0, 0.1) is 0 Å². The summed E-state index contributed by atoms with van der Waals surface area (Å²) >= 11 is 1.82. The minimum Gasteiger partial charge on any atom is -0.431 e. The first kappa shape index (κ1) is 10.9. The molecule has 0 spiro atoms. The van der Waals surface area contributed by atoms with E-state index in [0.29, 0.717) is 5.25 Å². The van der Waals surface area contributed by atoms with Crippen molar-refractivity contribution in [2.45, 2.75) is 48.2 Å². The molecule has 18 heavy (non-hydrogen) atoms. The van der Waals surface area contributed by atoms with Crippen molar-refractivity contribution in [1.82, 2.24) is 10.3 Å². The molecule has 0 saturated carbocycles. The molecule has 2 aliphatic rings. The minimum absolute atomic E-state index is 0.664. The standard InChI is InChI=1S/C14H16N2OS/c1-2-4-13-12(3-1)16-14(17-13)18-11-7-9-5-6-10(8-11)15-9/h1-4,9-11,15H,5-8H2/t9-,10-/m1/s1. The maximum atomic E-state index is 5.79. The molecular weight excluding hydrogens is 244 g/mol. The third kappa shape index (κ3) is 1.93. The Hall–Kier alpha value is -1.00. The zero-order chi connectivity index (χ0) is 11.9. The van der Waals surface area contributed by atoms with E-state index >= 15 is 0 Å². The number of hydrogen-bond donors (Lipinski definition) is 1. The van der Waals surface area contributed by atoms with Crippen molar-refractivity contribution >= 4 is 22.9 Å². The Bertz CT molecular complexity index is 523. The molecule has 2 bridgehead atoms. The van der Waals surface area contributed by atoms with Crippen molar-refractivity contribution in [2.75, 3.05) is 0 Å². The number of nitrogens with zero attached hydrogens (tertiary/aromatic N) is 1. The van der Waals surface area contributed by atoms with Gasteiger partial charge in [0.25, 0.3) is 5.22 Å². The lowest BCUT2D eigenvalue weighted by atomic mass is 10.1. The SMILES string of the molecule is c1ccc2oc(SC3C[C@H]4CC[C@H](C3)N4)nc2c1. The van der Waals surface area contributed by atoms with Crippen molar-refractivity contribution < 1.29 is 4.42 Å². The van der Waals surface area contributed by atoms with E-state index in [-0.39, 0.29) is 0 Å². The van der Waals surface area contributed by atoms with Gasteiger partial charge in [0, 0.05) is 17.3 Å². The number of rotatable bonds is 2. The monoisotopic (exact) mass is 260 g/mol. The molecule has 3 heterocycles. The Balaban J connectivity index is 1.54. The van der Waals surface area contributed by atoms with Gasteiger partial charge in [0.2, 0.25) is 0 Å². The van der Waals surface area contributed by atoms with E-state index in [0.717, 1.165) is 28.4 Å². The summed E-state index contributed by atoms with van der Waals surface area (Å²) in [6.07, 6.45) is 5.18. The summed E-state index contributed by atoms with van der Waals surface area (Å²) in [5.41, 5.74) is 1.87. The van der Waals surface area contributed by atoms with Crippen LogP contribution in [0.5, 0.6) is 0 Å². The van der Waals surface area contributed by atoms with Crippen molar-refractivity contribution in [1.29, 1.82) is 0 Å². The molecule has 2 fully saturated rings. The second kappa shape index (κ2) is 4.28. The van der Waals surface area contributed by atoms with E-state index in [1.165, 1.54) is 25.7 Å². The van der Waals surface area contributed by atoms with E-state index in [1.54, 1.807) is 0 Å². The Morgan fingerprint density at radius 1 is 1.17 bits per heavy atom. The third-order valence-electron chi connectivity index (χ3n) is 3.97. The van der Waals surface area contributed by atoms with Gasteiger partial charge in [-0.15, -0.1) is 0 Å². The maximum absolute atomic E-state index is 5.79. The van der Waals surface area contributed by atoms with Crippen LogP contribution in [0.1, 0.15) is 25.7 Å². The van der Waals surface area contributed by atoms with Gasteiger partial charge in [-0.25, -0.2) is 4.98 Å². The fourth-order valence-corrected chi connectivity index (χ4v) is 4.38. The van der Waals surface area contributed by atoms with Crippen molar-refractivity contribution in [2.24, 2.45) is 0 Å². The molecule has 1 aromatic heterocycles. The molecule has 0 unspecified atom stereocenters. The Labute approximate surface area is 110 Å². The summed E-state index contributed by atoms with van der Waals surface area (Å²) in [6, 6.07) is 9.45. The second-order valence-corrected chi connectivity index (χ2v) is 6.55. The summed E-state index contributed by atoms with van der Waals surface area (Å²) in [4.78, 5) is 4.55. The highest BCUT2D eigenvalue weighted by molar-refractivity contribution is 7.99. The van der Waals surface area contributed by atoms with Crippen LogP contribution in [0.2, 0.25) is 0 Å². The smallest absolute Gasteiger partial charge is 0.257 e. The minimum atomic E-state index is 0.664. The first-order chi connectivity index (χ1) is 8.87. The van der Waals surface area contributed by atoms with Crippen LogP contribution in [0.25, 0.3) is 11.1 Å². The maximum Gasteiger partial charge on any atom is 0.257 e. The van der Waals surface area contributed by atoms with Gasteiger partial charge in [0.05, 0.1) is 0 Å². The fourth-order valence-electron chi connectivity index (χ4n) is 3.15. The number of oxazole rings is 1. The number of piperidine rings is 1. The molecule has 0 amide bonds. The van der Waals surface area contributed by atoms with E-state index in [1.807, 2.05) is 36.0 Å². The number of aromatic nitrogens is 1. The molecular formula is C14H16N2OS. The molecule has 0 aliphatic carbocycles. The van der Waals surface area contributed by atoms with Gasteiger partial charge in [-0.05, 0) is 37.8 Å². The molecule has 2 aromatic rings. The highest BCUT2D eigenvalue weighted by Gasteiger charge is 2.34. The zero-order valence-electron chi connectivity index (χ0n) is 10.1. The molecule has 2 saturated heterocycles. The molecule has 3 nitrogen and oxygen atoms in total. The van der Waals surface area contributed by atoms with Crippen LogP contribution in [-0.2, 0) is 0 Å². The van der Waals surface area contributed by atoms with Crippen LogP contribution in [0.3, 0.4) is 0 Å². The van der Waals surface area contributed by atoms with Crippen LogP contribution in [-0.4, -0.2) is 22.3 Å². The van der Waals surface area contributed by atoms with Crippen LogP contribution >= 0.6 is 11.8 Å². The van der Waals surface area contributed by atoms with Gasteiger partial charge < -0.3 is 9.73 Å². The number of hydrogen-bond acceptors (Lipinski definition) is 4. The Morgan fingerprint density at radius 3 is 2.72 bits per heavy atom. The van der Waals surface area contributed by atoms with Crippen LogP contribution < -0.4 is 5.32 Å². The lowest BCUT2D eigenvalue weighted by molar-refractivity contribution is 0.410. The lowest BCUT2D eigenvalue weighted by Crippen LogP contribution is -2.39. The molecule has 2 aliphatic heterocycles. The summed E-state index contributed by atoms with van der Waals surface area (Å²) in [5.74, 6) is 0. The first-order valence-corrected chi connectivity index (χ1v) is 7.53. The van der Waals surface area contributed by atoms with Crippen molar-refractivity contribution in [3.8, 4) is 0 Å². The largest absolute Gasteiger partial charge is 0.431 e.